The number of hydrogen-bond acceptors (Lipinski definition) is 3. The molecule has 5 nitrogen and oxygen atoms in total. The highest BCUT2D eigenvalue weighted by Gasteiger charge is 2.09. The number of amides is 1. The highest BCUT2D eigenvalue weighted by molar-refractivity contribution is 5.90. The zero-order valence-electron chi connectivity index (χ0n) is 12.9. The summed E-state index contributed by atoms with van der Waals surface area (Å²) in [7, 11) is 0. The van der Waals surface area contributed by atoms with Gasteiger partial charge >= 0.3 is 0 Å². The summed E-state index contributed by atoms with van der Waals surface area (Å²) in [5.41, 5.74) is 1.03. The third-order valence-electron chi connectivity index (χ3n) is 3.43. The van der Waals surface area contributed by atoms with Gasteiger partial charge in [0.1, 0.15) is 18.2 Å². The molecule has 0 saturated carbocycles. The fourth-order valence-corrected chi connectivity index (χ4v) is 2.21. The quantitative estimate of drug-likeness (QED) is 0.794. The van der Waals surface area contributed by atoms with E-state index in [9.17, 15) is 18.4 Å². The molecule has 0 aliphatic heterocycles. The lowest BCUT2D eigenvalue weighted by Gasteiger charge is -2.08. The summed E-state index contributed by atoms with van der Waals surface area (Å²) in [6, 6.07) is 13.7. The van der Waals surface area contributed by atoms with Crippen LogP contribution in [-0.2, 0) is 11.3 Å². The molecule has 126 valence electrons. The van der Waals surface area contributed by atoms with Gasteiger partial charge < -0.3 is 5.32 Å². The summed E-state index contributed by atoms with van der Waals surface area (Å²) in [5, 5.41) is 6.69. The number of nitrogens with one attached hydrogen (secondary N) is 1. The second-order valence-corrected chi connectivity index (χ2v) is 5.28. The topological polar surface area (TPSA) is 64.0 Å². The molecule has 2 aromatic carbocycles. The largest absolute Gasteiger partial charge is 0.324 e. The molecule has 0 spiro atoms. The van der Waals surface area contributed by atoms with Crippen LogP contribution in [0.5, 0.6) is 0 Å². The number of halogens is 2. The van der Waals surface area contributed by atoms with Crippen LogP contribution < -0.4 is 10.9 Å². The van der Waals surface area contributed by atoms with E-state index >= 15 is 0 Å². The standard InChI is InChI=1S/C18H13F2N3O2/c19-13-3-1-12(2-4-13)16-9-10-18(25)23(22-16)11-17(24)21-15-7-5-14(20)6-8-15/h1-10H,11H2,(H,21,24). The number of hydrogen-bond donors (Lipinski definition) is 1. The fraction of sp³-hybridized carbons (Fsp3) is 0.0556. The summed E-state index contributed by atoms with van der Waals surface area (Å²) in [4.78, 5) is 24.0. The Labute approximate surface area is 141 Å². The van der Waals surface area contributed by atoms with Crippen molar-refractivity contribution >= 4 is 11.6 Å². The number of benzene rings is 2. The van der Waals surface area contributed by atoms with Gasteiger partial charge in [-0.15, -0.1) is 0 Å². The molecule has 25 heavy (non-hydrogen) atoms. The monoisotopic (exact) mass is 341 g/mol. The van der Waals surface area contributed by atoms with Crippen molar-refractivity contribution in [1.82, 2.24) is 9.78 Å². The Morgan fingerprint density at radius 1 is 0.920 bits per heavy atom. The molecule has 1 heterocycles. The summed E-state index contributed by atoms with van der Waals surface area (Å²) in [6.07, 6.45) is 0. The zero-order valence-corrected chi connectivity index (χ0v) is 12.9. The molecular weight excluding hydrogens is 328 g/mol. The lowest BCUT2D eigenvalue weighted by Crippen LogP contribution is -2.29. The number of nitrogens with zero attached hydrogens (tertiary/aromatic N) is 2. The van der Waals surface area contributed by atoms with Crippen LogP contribution in [0.15, 0.2) is 65.5 Å². The van der Waals surface area contributed by atoms with Crippen LogP contribution in [0.4, 0.5) is 14.5 Å². The minimum absolute atomic E-state index is 0.300. The molecule has 0 fully saturated rings. The molecule has 7 heteroatoms. The Balaban J connectivity index is 1.78. The van der Waals surface area contributed by atoms with Crippen LogP contribution in [0.2, 0.25) is 0 Å². The highest BCUT2D eigenvalue weighted by atomic mass is 19.1. The number of aromatic nitrogens is 2. The maximum atomic E-state index is 13.0. The summed E-state index contributed by atoms with van der Waals surface area (Å²) < 4.78 is 26.9. The van der Waals surface area contributed by atoms with E-state index in [1.54, 1.807) is 0 Å². The molecule has 0 aliphatic rings. The van der Waals surface area contributed by atoms with Crippen molar-refractivity contribution in [1.29, 1.82) is 0 Å². The first-order chi connectivity index (χ1) is 12.0. The van der Waals surface area contributed by atoms with Gasteiger partial charge in [-0.2, -0.15) is 5.10 Å². The maximum absolute atomic E-state index is 13.0. The Kier molecular flexibility index (Phi) is 4.65. The second-order valence-electron chi connectivity index (χ2n) is 5.28. The SMILES string of the molecule is O=C(Cn1nc(-c2ccc(F)cc2)ccc1=O)Nc1ccc(F)cc1. The Hall–Kier alpha value is -3.35. The molecule has 0 bridgehead atoms. The highest BCUT2D eigenvalue weighted by Crippen LogP contribution is 2.15. The minimum atomic E-state index is -0.475. The number of anilines is 1. The van der Waals surface area contributed by atoms with E-state index in [-0.39, 0.29) is 12.4 Å². The van der Waals surface area contributed by atoms with Gasteiger partial charge in [0, 0.05) is 17.3 Å². The van der Waals surface area contributed by atoms with Gasteiger partial charge in [-0.25, -0.2) is 13.5 Å². The average Bonchev–Trinajstić information content (AvgIpc) is 2.60. The first-order valence-electron chi connectivity index (χ1n) is 7.41. The van der Waals surface area contributed by atoms with E-state index in [1.165, 1.54) is 60.7 Å². The molecule has 1 aromatic heterocycles. The maximum Gasteiger partial charge on any atom is 0.267 e. The van der Waals surface area contributed by atoms with Crippen LogP contribution in [-0.4, -0.2) is 15.7 Å². The van der Waals surface area contributed by atoms with Crippen molar-refractivity contribution in [2.24, 2.45) is 0 Å². The van der Waals surface area contributed by atoms with Crippen molar-refractivity contribution in [3.8, 4) is 11.3 Å². The lowest BCUT2D eigenvalue weighted by molar-refractivity contribution is -0.117. The Morgan fingerprint density at radius 2 is 1.52 bits per heavy atom. The number of carbonyl (C=O) groups excluding carboxylic acids is 1. The van der Waals surface area contributed by atoms with E-state index in [1.807, 2.05) is 0 Å². The van der Waals surface area contributed by atoms with E-state index in [0.29, 0.717) is 16.9 Å². The third-order valence-corrected chi connectivity index (χ3v) is 3.43. The fourth-order valence-electron chi connectivity index (χ4n) is 2.21. The van der Waals surface area contributed by atoms with Gasteiger partial charge in [0.2, 0.25) is 5.91 Å². The van der Waals surface area contributed by atoms with Gasteiger partial charge in [0.05, 0.1) is 5.69 Å². The molecule has 3 aromatic rings. The van der Waals surface area contributed by atoms with E-state index in [2.05, 4.69) is 10.4 Å². The van der Waals surface area contributed by atoms with Gasteiger partial charge in [0.15, 0.2) is 0 Å². The molecule has 0 atom stereocenters. The van der Waals surface area contributed by atoms with Crippen molar-refractivity contribution in [3.63, 3.8) is 0 Å². The molecule has 1 amide bonds. The van der Waals surface area contributed by atoms with Gasteiger partial charge in [0.25, 0.3) is 5.56 Å². The van der Waals surface area contributed by atoms with Gasteiger partial charge in [-0.3, -0.25) is 9.59 Å². The first-order valence-corrected chi connectivity index (χ1v) is 7.41. The predicted octanol–water partition coefficient (Wildman–Crippen LogP) is 2.83. The second kappa shape index (κ2) is 7.04. The van der Waals surface area contributed by atoms with Crippen LogP contribution >= 0.6 is 0 Å². The van der Waals surface area contributed by atoms with Gasteiger partial charge in [-0.1, -0.05) is 0 Å². The van der Waals surface area contributed by atoms with Crippen molar-refractivity contribution < 1.29 is 13.6 Å². The molecule has 0 unspecified atom stereocenters. The first kappa shape index (κ1) is 16.5. The molecule has 0 saturated heterocycles. The van der Waals surface area contributed by atoms with Crippen LogP contribution in [0, 0.1) is 11.6 Å². The van der Waals surface area contributed by atoms with Crippen molar-refractivity contribution in [2.45, 2.75) is 6.54 Å². The minimum Gasteiger partial charge on any atom is -0.324 e. The Bertz CT molecular complexity index is 951. The van der Waals surface area contributed by atoms with Crippen LogP contribution in [0.25, 0.3) is 11.3 Å². The number of carbonyl (C=O) groups is 1. The van der Waals surface area contributed by atoms with E-state index < -0.39 is 17.3 Å². The number of rotatable bonds is 4. The average molecular weight is 341 g/mol. The van der Waals surface area contributed by atoms with Gasteiger partial charge in [-0.05, 0) is 54.6 Å². The van der Waals surface area contributed by atoms with Crippen molar-refractivity contribution in [3.05, 3.63) is 82.7 Å². The van der Waals surface area contributed by atoms with Crippen LogP contribution in [0.3, 0.4) is 0 Å². The summed E-state index contributed by atoms with van der Waals surface area (Å²) >= 11 is 0. The molecule has 0 aliphatic carbocycles. The lowest BCUT2D eigenvalue weighted by atomic mass is 10.1. The summed E-state index contributed by atoms with van der Waals surface area (Å²) in [5.74, 6) is -1.27. The smallest absolute Gasteiger partial charge is 0.267 e. The van der Waals surface area contributed by atoms with E-state index in [4.69, 9.17) is 0 Å². The normalized spacial score (nSPS) is 10.5. The molecule has 0 radical (unpaired) electrons. The Morgan fingerprint density at radius 3 is 2.16 bits per heavy atom. The summed E-state index contributed by atoms with van der Waals surface area (Å²) in [6.45, 7) is -0.300. The van der Waals surface area contributed by atoms with Crippen LogP contribution in [0.1, 0.15) is 0 Å². The third kappa shape index (κ3) is 4.14. The molecule has 1 N–H and O–H groups in total. The van der Waals surface area contributed by atoms with Crippen molar-refractivity contribution in [2.75, 3.05) is 5.32 Å². The predicted molar refractivity (Wildman–Crippen MR) is 88.9 cm³/mol. The zero-order chi connectivity index (χ0) is 17.8. The molecular formula is C18H13F2N3O2. The van der Waals surface area contributed by atoms with E-state index in [0.717, 1.165) is 4.68 Å². The molecule has 3 rings (SSSR count).